The number of nitrogens with one attached hydrogen (secondary N) is 1. The number of anilines is 1. The number of rotatable bonds is 8. The Hall–Kier alpha value is -4.84. The van der Waals surface area contributed by atoms with E-state index in [1.54, 1.807) is 41.2 Å². The third-order valence-corrected chi connectivity index (χ3v) is 6.80. The summed E-state index contributed by atoms with van der Waals surface area (Å²) in [7, 11) is 1.30. The maximum absolute atomic E-state index is 15.3. The van der Waals surface area contributed by atoms with Gasteiger partial charge >= 0.3 is 6.09 Å². The molecule has 1 amide bonds. The summed E-state index contributed by atoms with van der Waals surface area (Å²) in [5.74, 6) is -0.441. The van der Waals surface area contributed by atoms with Crippen molar-refractivity contribution >= 4 is 23.4 Å². The fourth-order valence-corrected chi connectivity index (χ4v) is 4.72. The number of amides is 1. The zero-order valence-corrected chi connectivity index (χ0v) is 23.2. The lowest BCUT2D eigenvalue weighted by atomic mass is 9.99. The van der Waals surface area contributed by atoms with Crippen LogP contribution < -0.4 is 10.0 Å². The molecular weight excluding hydrogens is 551 g/mol. The highest BCUT2D eigenvalue weighted by Gasteiger charge is 2.26. The first-order valence-corrected chi connectivity index (χ1v) is 13.1. The van der Waals surface area contributed by atoms with Crippen LogP contribution in [0, 0.1) is 16.9 Å². The number of tetrazole rings is 1. The molecule has 41 heavy (non-hydrogen) atoms. The standard InChI is InChI=1S/C28H26ClFN8O3/c1-17(2)12-25(36-14-20(13-32-36)18-4-7-21(8-5-18)33-28(39)41-3)23-10-6-19(15-38(23)40)26-24(37-16-31-34-35-37)11-9-22(29)27(26)30/h4-11,13-17,25H,12H2,1-3H3,(H,33,39). The molecule has 0 saturated heterocycles. The number of hydrogen-bond donors (Lipinski definition) is 1. The van der Waals surface area contributed by atoms with Crippen molar-refractivity contribution in [3.63, 3.8) is 0 Å². The molecule has 5 rings (SSSR count). The summed E-state index contributed by atoms with van der Waals surface area (Å²) in [6.07, 6.45) is 6.33. The molecule has 0 bridgehead atoms. The van der Waals surface area contributed by atoms with E-state index in [1.807, 2.05) is 18.3 Å². The molecular formula is C28H26ClFN8O3. The number of hydrogen-bond acceptors (Lipinski definition) is 7. The summed E-state index contributed by atoms with van der Waals surface area (Å²) in [5.41, 5.74) is 3.52. The molecule has 3 aromatic heterocycles. The van der Waals surface area contributed by atoms with Gasteiger partial charge < -0.3 is 9.94 Å². The SMILES string of the molecule is COC(=O)Nc1ccc(-c2cnn(C(CC(C)C)c3ccc(-c4c(-n5cnnn5)ccc(Cl)c4F)c[n+]3[O-])c2)cc1. The number of methoxy groups -OCH3 is 1. The summed E-state index contributed by atoms with van der Waals surface area (Å²) < 4.78 is 23.7. The van der Waals surface area contributed by atoms with E-state index in [0.29, 0.717) is 29.1 Å². The quantitative estimate of drug-likeness (QED) is 0.193. The lowest BCUT2D eigenvalue weighted by Gasteiger charge is -2.20. The molecule has 0 spiro atoms. The lowest BCUT2D eigenvalue weighted by Crippen LogP contribution is -2.36. The van der Waals surface area contributed by atoms with Gasteiger partial charge in [0.25, 0.3) is 0 Å². The fourth-order valence-electron chi connectivity index (χ4n) is 4.56. The summed E-state index contributed by atoms with van der Waals surface area (Å²) in [4.78, 5) is 11.5. The second kappa shape index (κ2) is 11.7. The second-order valence-electron chi connectivity index (χ2n) is 9.73. The maximum Gasteiger partial charge on any atom is 0.411 e. The average Bonchev–Trinajstić information content (AvgIpc) is 3.67. The monoisotopic (exact) mass is 576 g/mol. The molecule has 1 atom stereocenters. The minimum absolute atomic E-state index is 0.0887. The Bertz CT molecular complexity index is 1670. The van der Waals surface area contributed by atoms with Gasteiger partial charge in [0.1, 0.15) is 12.4 Å². The summed E-state index contributed by atoms with van der Waals surface area (Å²) >= 11 is 6.09. The summed E-state index contributed by atoms with van der Waals surface area (Å²) in [6.45, 7) is 4.13. The molecule has 1 unspecified atom stereocenters. The van der Waals surface area contributed by atoms with E-state index in [-0.39, 0.29) is 16.5 Å². The number of ether oxygens (including phenoxy) is 1. The van der Waals surface area contributed by atoms with Gasteiger partial charge in [-0.1, -0.05) is 37.6 Å². The summed E-state index contributed by atoms with van der Waals surface area (Å²) in [6, 6.07) is 13.2. The Kier molecular flexibility index (Phi) is 7.92. The van der Waals surface area contributed by atoms with E-state index in [2.05, 4.69) is 44.5 Å². The van der Waals surface area contributed by atoms with Crippen LogP contribution in [0.1, 0.15) is 32.0 Å². The van der Waals surface area contributed by atoms with Crippen molar-refractivity contribution in [1.82, 2.24) is 30.0 Å². The largest absolute Gasteiger partial charge is 0.618 e. The molecule has 0 radical (unpaired) electrons. The van der Waals surface area contributed by atoms with Crippen LogP contribution >= 0.6 is 11.6 Å². The number of aromatic nitrogens is 7. The van der Waals surface area contributed by atoms with Crippen molar-refractivity contribution < 1.29 is 18.7 Å². The number of carbonyl (C=O) groups excluding carboxylic acids is 1. The Labute approximate surface area is 239 Å². The molecule has 210 valence electrons. The first-order valence-electron chi connectivity index (χ1n) is 12.7. The van der Waals surface area contributed by atoms with Crippen molar-refractivity contribution in [1.29, 1.82) is 0 Å². The molecule has 0 aliphatic heterocycles. The molecule has 13 heteroatoms. The molecule has 3 heterocycles. The van der Waals surface area contributed by atoms with E-state index in [9.17, 15) is 10.0 Å². The van der Waals surface area contributed by atoms with Gasteiger partial charge in [-0.15, -0.1) is 5.10 Å². The first-order chi connectivity index (χ1) is 19.7. The average molecular weight is 577 g/mol. The number of pyridine rings is 1. The normalized spacial score (nSPS) is 12.0. The predicted octanol–water partition coefficient (Wildman–Crippen LogP) is 5.43. The van der Waals surface area contributed by atoms with Crippen molar-refractivity contribution in [2.45, 2.75) is 26.3 Å². The Morgan fingerprint density at radius 3 is 2.54 bits per heavy atom. The lowest BCUT2D eigenvalue weighted by molar-refractivity contribution is -0.615. The van der Waals surface area contributed by atoms with Gasteiger partial charge in [0.15, 0.2) is 12.0 Å². The highest BCUT2D eigenvalue weighted by Crippen LogP contribution is 2.34. The number of carbonyl (C=O) groups is 1. The molecule has 0 saturated carbocycles. The van der Waals surface area contributed by atoms with Gasteiger partial charge in [0.05, 0.1) is 35.1 Å². The minimum Gasteiger partial charge on any atom is -0.618 e. The number of halogens is 2. The second-order valence-corrected chi connectivity index (χ2v) is 10.1. The highest BCUT2D eigenvalue weighted by molar-refractivity contribution is 6.31. The predicted molar refractivity (Wildman–Crippen MR) is 150 cm³/mol. The van der Waals surface area contributed by atoms with Gasteiger partial charge in [0.2, 0.25) is 5.69 Å². The van der Waals surface area contributed by atoms with Crippen LogP contribution in [0.25, 0.3) is 27.9 Å². The van der Waals surface area contributed by atoms with Crippen molar-refractivity contribution in [2.75, 3.05) is 12.4 Å². The smallest absolute Gasteiger partial charge is 0.411 e. The third-order valence-electron chi connectivity index (χ3n) is 6.51. The van der Waals surface area contributed by atoms with Crippen LogP contribution in [0.2, 0.25) is 5.02 Å². The number of benzene rings is 2. The first kappa shape index (κ1) is 27.7. The van der Waals surface area contributed by atoms with E-state index in [0.717, 1.165) is 15.9 Å². The van der Waals surface area contributed by atoms with Crippen molar-refractivity contribution in [3.8, 4) is 27.9 Å². The van der Waals surface area contributed by atoms with Crippen LogP contribution in [0.3, 0.4) is 0 Å². The van der Waals surface area contributed by atoms with E-state index >= 15 is 4.39 Å². The Morgan fingerprint density at radius 2 is 1.88 bits per heavy atom. The van der Waals surface area contributed by atoms with Crippen molar-refractivity contribution in [3.05, 3.63) is 95.2 Å². The molecule has 1 N–H and O–H groups in total. The molecule has 5 aromatic rings. The molecule has 11 nitrogen and oxygen atoms in total. The fraction of sp³-hybridized carbons (Fsp3) is 0.214. The van der Waals surface area contributed by atoms with Crippen LogP contribution in [-0.2, 0) is 4.74 Å². The van der Waals surface area contributed by atoms with Gasteiger partial charge in [-0.3, -0.25) is 10.00 Å². The van der Waals surface area contributed by atoms with Crippen LogP contribution in [0.15, 0.2) is 73.4 Å². The highest BCUT2D eigenvalue weighted by atomic mass is 35.5. The molecule has 0 aliphatic carbocycles. The minimum atomic E-state index is -0.685. The van der Waals surface area contributed by atoms with E-state index < -0.39 is 18.0 Å². The van der Waals surface area contributed by atoms with Crippen LogP contribution in [0.4, 0.5) is 14.9 Å². The zero-order chi connectivity index (χ0) is 29.1. The summed E-state index contributed by atoms with van der Waals surface area (Å²) in [5, 5.41) is 31.7. The Balaban J connectivity index is 1.49. The number of nitrogens with zero attached hydrogens (tertiary/aromatic N) is 7. The van der Waals surface area contributed by atoms with Gasteiger partial charge in [0, 0.05) is 23.5 Å². The third kappa shape index (κ3) is 5.87. The van der Waals surface area contributed by atoms with E-state index in [1.165, 1.54) is 30.4 Å². The van der Waals surface area contributed by atoms with Gasteiger partial charge in [-0.25, -0.2) is 9.18 Å². The van der Waals surface area contributed by atoms with Crippen LogP contribution in [-0.4, -0.2) is 43.2 Å². The van der Waals surface area contributed by atoms with Gasteiger partial charge in [-0.05, 0) is 58.7 Å². The Morgan fingerprint density at radius 1 is 1.12 bits per heavy atom. The van der Waals surface area contributed by atoms with Crippen LogP contribution in [0.5, 0.6) is 0 Å². The molecule has 2 aromatic carbocycles. The molecule has 0 aliphatic rings. The van der Waals surface area contributed by atoms with Crippen molar-refractivity contribution in [2.24, 2.45) is 5.92 Å². The zero-order valence-electron chi connectivity index (χ0n) is 22.4. The maximum atomic E-state index is 15.3. The topological polar surface area (TPSA) is 127 Å². The molecule has 0 fully saturated rings. The van der Waals surface area contributed by atoms with Gasteiger partial charge in [-0.2, -0.15) is 14.5 Å². The van der Waals surface area contributed by atoms with E-state index in [4.69, 9.17) is 11.6 Å².